The van der Waals surface area contributed by atoms with E-state index in [4.69, 9.17) is 4.74 Å². The maximum atomic E-state index is 12.4. The van der Waals surface area contributed by atoms with Crippen molar-refractivity contribution < 1.29 is 9.53 Å². The van der Waals surface area contributed by atoms with Crippen LogP contribution in [0.5, 0.6) is 5.75 Å². The molecule has 0 aliphatic carbocycles. The van der Waals surface area contributed by atoms with Gasteiger partial charge < -0.3 is 9.30 Å². The SMILES string of the molecule is CCCCOc1ccc(/C=N/NC(=O)c2cc3ccccc3n2C)cc1. The van der Waals surface area contributed by atoms with Crippen molar-refractivity contribution in [3.8, 4) is 5.75 Å². The molecule has 0 spiro atoms. The predicted molar refractivity (Wildman–Crippen MR) is 105 cm³/mol. The number of carbonyl (C=O) groups excluding carboxylic acids is 1. The molecule has 3 rings (SSSR count). The number of nitrogens with zero attached hydrogens (tertiary/aromatic N) is 2. The summed E-state index contributed by atoms with van der Waals surface area (Å²) in [7, 11) is 1.87. The summed E-state index contributed by atoms with van der Waals surface area (Å²) in [6, 6.07) is 17.4. The van der Waals surface area contributed by atoms with Gasteiger partial charge in [-0.2, -0.15) is 5.10 Å². The average Bonchev–Trinajstić information content (AvgIpc) is 3.00. The quantitative estimate of drug-likeness (QED) is 0.396. The molecule has 0 saturated carbocycles. The molecule has 0 radical (unpaired) electrons. The highest BCUT2D eigenvalue weighted by Gasteiger charge is 2.12. The Balaban J connectivity index is 1.60. The second-order valence-corrected chi connectivity index (χ2v) is 6.12. The summed E-state index contributed by atoms with van der Waals surface area (Å²) in [6.45, 7) is 2.86. The molecule has 5 heteroatoms. The topological polar surface area (TPSA) is 55.6 Å². The summed E-state index contributed by atoms with van der Waals surface area (Å²) in [6.07, 6.45) is 3.78. The molecule has 0 fully saturated rings. The molecule has 26 heavy (non-hydrogen) atoms. The van der Waals surface area contributed by atoms with Crippen LogP contribution in [0.25, 0.3) is 10.9 Å². The maximum Gasteiger partial charge on any atom is 0.287 e. The summed E-state index contributed by atoms with van der Waals surface area (Å²) < 4.78 is 7.49. The Labute approximate surface area is 153 Å². The lowest BCUT2D eigenvalue weighted by atomic mass is 10.2. The minimum Gasteiger partial charge on any atom is -0.494 e. The third-order valence-electron chi connectivity index (χ3n) is 4.21. The number of ether oxygens (including phenoxy) is 1. The van der Waals surface area contributed by atoms with E-state index < -0.39 is 0 Å². The highest BCUT2D eigenvalue weighted by Crippen LogP contribution is 2.18. The Bertz CT molecular complexity index is 911. The molecule has 0 unspecified atom stereocenters. The van der Waals surface area contributed by atoms with Crippen LogP contribution in [0.1, 0.15) is 35.8 Å². The lowest BCUT2D eigenvalue weighted by Gasteiger charge is -2.05. The molecule has 1 heterocycles. The van der Waals surface area contributed by atoms with E-state index in [0.717, 1.165) is 41.7 Å². The first-order chi connectivity index (χ1) is 12.7. The van der Waals surface area contributed by atoms with Crippen LogP contribution in [0.2, 0.25) is 0 Å². The summed E-state index contributed by atoms with van der Waals surface area (Å²) >= 11 is 0. The number of aryl methyl sites for hydroxylation is 1. The predicted octanol–water partition coefficient (Wildman–Crippen LogP) is 4.12. The zero-order valence-electron chi connectivity index (χ0n) is 15.1. The van der Waals surface area contributed by atoms with E-state index in [1.807, 2.05) is 66.2 Å². The van der Waals surface area contributed by atoms with Crippen molar-refractivity contribution in [3.05, 3.63) is 65.9 Å². The first-order valence-electron chi connectivity index (χ1n) is 8.80. The first kappa shape index (κ1) is 17.7. The van der Waals surface area contributed by atoms with Gasteiger partial charge in [0.15, 0.2) is 0 Å². The number of fused-ring (bicyclic) bond motifs is 1. The summed E-state index contributed by atoms with van der Waals surface area (Å²) in [5, 5.41) is 5.09. The maximum absolute atomic E-state index is 12.4. The van der Waals surface area contributed by atoms with Gasteiger partial charge in [0.1, 0.15) is 11.4 Å². The van der Waals surface area contributed by atoms with Crippen LogP contribution >= 0.6 is 0 Å². The van der Waals surface area contributed by atoms with Crippen molar-refractivity contribution in [3.63, 3.8) is 0 Å². The van der Waals surface area contributed by atoms with Crippen LogP contribution in [0.4, 0.5) is 0 Å². The number of benzene rings is 2. The Morgan fingerprint density at radius 1 is 1.19 bits per heavy atom. The van der Waals surface area contributed by atoms with Crippen molar-refractivity contribution in [1.82, 2.24) is 9.99 Å². The number of nitrogens with one attached hydrogen (secondary N) is 1. The largest absolute Gasteiger partial charge is 0.494 e. The highest BCUT2D eigenvalue weighted by molar-refractivity contribution is 5.99. The molecule has 0 saturated heterocycles. The van der Waals surface area contributed by atoms with Crippen molar-refractivity contribution >= 4 is 23.0 Å². The molecule has 0 atom stereocenters. The summed E-state index contributed by atoms with van der Waals surface area (Å²) in [5.74, 6) is 0.606. The lowest BCUT2D eigenvalue weighted by molar-refractivity contribution is 0.0947. The van der Waals surface area contributed by atoms with Crippen LogP contribution in [-0.2, 0) is 7.05 Å². The van der Waals surface area contributed by atoms with Crippen LogP contribution < -0.4 is 10.2 Å². The number of hydrazone groups is 1. The zero-order valence-corrected chi connectivity index (χ0v) is 15.1. The van der Waals surface area contributed by atoms with E-state index in [1.165, 1.54) is 0 Å². The van der Waals surface area contributed by atoms with Gasteiger partial charge in [-0.25, -0.2) is 5.43 Å². The van der Waals surface area contributed by atoms with Crippen molar-refractivity contribution in [2.75, 3.05) is 6.61 Å². The fraction of sp³-hybridized carbons (Fsp3) is 0.238. The first-order valence-corrected chi connectivity index (χ1v) is 8.80. The molecular weight excluding hydrogens is 326 g/mol. The number of unbranched alkanes of at least 4 members (excludes halogenated alkanes) is 1. The Hall–Kier alpha value is -3.08. The number of rotatable bonds is 7. The van der Waals surface area contributed by atoms with Gasteiger partial charge >= 0.3 is 0 Å². The molecule has 134 valence electrons. The highest BCUT2D eigenvalue weighted by atomic mass is 16.5. The molecule has 3 aromatic rings. The molecule has 2 aromatic carbocycles. The summed E-state index contributed by atoms with van der Waals surface area (Å²) in [5.41, 5.74) is 5.06. The monoisotopic (exact) mass is 349 g/mol. The molecule has 1 amide bonds. The molecule has 0 aliphatic rings. The minimum absolute atomic E-state index is 0.237. The number of hydrogen-bond donors (Lipinski definition) is 1. The minimum atomic E-state index is -0.237. The van der Waals surface area contributed by atoms with E-state index in [1.54, 1.807) is 6.21 Å². The number of hydrogen-bond acceptors (Lipinski definition) is 3. The molecular formula is C21H23N3O2. The number of amides is 1. The normalized spacial score (nSPS) is 11.2. The Morgan fingerprint density at radius 2 is 1.96 bits per heavy atom. The fourth-order valence-corrected chi connectivity index (χ4v) is 2.71. The fourth-order valence-electron chi connectivity index (χ4n) is 2.71. The average molecular weight is 349 g/mol. The standard InChI is InChI=1S/C21H23N3O2/c1-3-4-13-26-18-11-9-16(10-12-18)15-22-23-21(25)20-14-17-7-5-6-8-19(17)24(20)2/h5-12,14-15H,3-4,13H2,1-2H3,(H,23,25)/b22-15+. The second kappa shape index (κ2) is 8.34. The van der Waals surface area contributed by atoms with Crippen LogP contribution in [0.15, 0.2) is 59.7 Å². The van der Waals surface area contributed by atoms with Gasteiger partial charge in [-0.3, -0.25) is 4.79 Å². The molecule has 0 bridgehead atoms. The van der Waals surface area contributed by atoms with Crippen molar-refractivity contribution in [2.24, 2.45) is 12.1 Å². The Morgan fingerprint density at radius 3 is 2.69 bits per heavy atom. The molecule has 0 aliphatic heterocycles. The van der Waals surface area contributed by atoms with E-state index in [0.29, 0.717) is 5.69 Å². The second-order valence-electron chi connectivity index (χ2n) is 6.12. The number of aromatic nitrogens is 1. The van der Waals surface area contributed by atoms with Gasteiger partial charge in [0, 0.05) is 18.0 Å². The van der Waals surface area contributed by atoms with Gasteiger partial charge in [0.25, 0.3) is 5.91 Å². The van der Waals surface area contributed by atoms with Gasteiger partial charge in [0.05, 0.1) is 12.8 Å². The van der Waals surface area contributed by atoms with Gasteiger partial charge in [-0.05, 0) is 48.4 Å². The smallest absolute Gasteiger partial charge is 0.287 e. The van der Waals surface area contributed by atoms with Gasteiger partial charge in [0.2, 0.25) is 0 Å². The Kier molecular flexibility index (Phi) is 5.69. The van der Waals surface area contributed by atoms with Crippen molar-refractivity contribution in [1.29, 1.82) is 0 Å². The number of carbonyl (C=O) groups is 1. The molecule has 1 aromatic heterocycles. The molecule has 5 nitrogen and oxygen atoms in total. The third kappa shape index (κ3) is 4.11. The van der Waals surface area contributed by atoms with Gasteiger partial charge in [-0.1, -0.05) is 31.5 Å². The van der Waals surface area contributed by atoms with Crippen LogP contribution in [0.3, 0.4) is 0 Å². The van der Waals surface area contributed by atoms with Crippen LogP contribution in [-0.4, -0.2) is 23.3 Å². The zero-order chi connectivity index (χ0) is 18.4. The van der Waals surface area contributed by atoms with Crippen molar-refractivity contribution in [2.45, 2.75) is 19.8 Å². The van der Waals surface area contributed by atoms with E-state index in [2.05, 4.69) is 17.5 Å². The summed E-state index contributed by atoms with van der Waals surface area (Å²) in [4.78, 5) is 12.4. The van der Waals surface area contributed by atoms with E-state index >= 15 is 0 Å². The van der Waals surface area contributed by atoms with E-state index in [-0.39, 0.29) is 5.91 Å². The molecule has 1 N–H and O–H groups in total. The lowest BCUT2D eigenvalue weighted by Crippen LogP contribution is -2.20. The third-order valence-corrected chi connectivity index (χ3v) is 4.21. The van der Waals surface area contributed by atoms with Crippen LogP contribution in [0, 0.1) is 0 Å². The number of para-hydroxylation sites is 1. The van der Waals surface area contributed by atoms with Gasteiger partial charge in [-0.15, -0.1) is 0 Å². The van der Waals surface area contributed by atoms with E-state index in [9.17, 15) is 4.79 Å².